The van der Waals surface area contributed by atoms with E-state index in [1.165, 1.54) is 6.07 Å². The van der Waals surface area contributed by atoms with E-state index in [0.29, 0.717) is 24.4 Å². The highest BCUT2D eigenvalue weighted by atomic mass is 35.5. The van der Waals surface area contributed by atoms with Gasteiger partial charge >= 0.3 is 0 Å². The quantitative estimate of drug-likeness (QED) is 0.725. The van der Waals surface area contributed by atoms with Crippen LogP contribution in [0, 0.1) is 0 Å². The number of H-pyrrole nitrogens is 1. The van der Waals surface area contributed by atoms with Gasteiger partial charge in [-0.25, -0.2) is 4.98 Å². The molecule has 0 aliphatic carbocycles. The van der Waals surface area contributed by atoms with Crippen molar-refractivity contribution in [2.45, 2.75) is 25.8 Å². The van der Waals surface area contributed by atoms with Gasteiger partial charge in [-0.1, -0.05) is 19.1 Å². The van der Waals surface area contributed by atoms with Crippen molar-refractivity contribution < 1.29 is 4.79 Å². The summed E-state index contributed by atoms with van der Waals surface area (Å²) in [5.41, 5.74) is 2.05. The van der Waals surface area contributed by atoms with Crippen LogP contribution in [0.4, 0.5) is 5.69 Å². The number of nitrogens with zero attached hydrogens (tertiary/aromatic N) is 1. The first-order chi connectivity index (χ1) is 12.1. The van der Waals surface area contributed by atoms with Crippen LogP contribution in [0.1, 0.15) is 19.0 Å². The van der Waals surface area contributed by atoms with Crippen molar-refractivity contribution in [1.29, 1.82) is 0 Å². The third kappa shape index (κ3) is 5.59. The van der Waals surface area contributed by atoms with Crippen LogP contribution in [0.3, 0.4) is 0 Å². The van der Waals surface area contributed by atoms with Crippen molar-refractivity contribution in [3.8, 4) is 11.4 Å². The number of anilines is 1. The van der Waals surface area contributed by atoms with Crippen LogP contribution >= 0.6 is 24.2 Å². The van der Waals surface area contributed by atoms with Crippen molar-refractivity contribution in [2.75, 3.05) is 23.4 Å². The second-order valence-electron chi connectivity index (χ2n) is 6.00. The monoisotopic (exact) mass is 394 g/mol. The Morgan fingerprint density at radius 3 is 2.96 bits per heavy atom. The molecule has 3 rings (SSSR count). The molecule has 1 atom stereocenters. The van der Waals surface area contributed by atoms with Crippen molar-refractivity contribution in [1.82, 2.24) is 15.3 Å². The van der Waals surface area contributed by atoms with Crippen LogP contribution in [0.15, 0.2) is 35.1 Å². The second kappa shape index (κ2) is 9.75. The molecule has 2 aromatic rings. The first-order valence-corrected chi connectivity index (χ1v) is 9.61. The Bertz CT molecular complexity index is 806. The molecule has 1 aromatic carbocycles. The standard InChI is InChI=1S/C18H22N4O2S.ClH/c1-2-13-9-17(24)22-18(21-13)12-4-3-5-14(8-12)20-16(23)10-15-11-25-7-6-19-15;/h3-5,8-9,15,19H,2,6-7,10-11H2,1H3,(H,20,23)(H,21,22,24);1H. The van der Waals surface area contributed by atoms with Gasteiger partial charge in [-0.2, -0.15) is 11.8 Å². The van der Waals surface area contributed by atoms with E-state index in [-0.39, 0.29) is 29.9 Å². The number of aromatic amines is 1. The number of nitrogens with one attached hydrogen (secondary N) is 3. The number of rotatable bonds is 5. The molecule has 1 aliphatic rings. The molecule has 26 heavy (non-hydrogen) atoms. The molecule has 0 saturated carbocycles. The van der Waals surface area contributed by atoms with E-state index >= 15 is 0 Å². The molecule has 1 fully saturated rings. The van der Waals surface area contributed by atoms with Crippen molar-refractivity contribution in [2.24, 2.45) is 0 Å². The summed E-state index contributed by atoms with van der Waals surface area (Å²) >= 11 is 1.87. The van der Waals surface area contributed by atoms with E-state index in [2.05, 4.69) is 20.6 Å². The summed E-state index contributed by atoms with van der Waals surface area (Å²) < 4.78 is 0. The number of hydrogen-bond acceptors (Lipinski definition) is 5. The fraction of sp³-hybridized carbons (Fsp3) is 0.389. The topological polar surface area (TPSA) is 86.9 Å². The van der Waals surface area contributed by atoms with Gasteiger partial charge < -0.3 is 15.6 Å². The van der Waals surface area contributed by atoms with Gasteiger partial charge in [0.25, 0.3) is 5.56 Å². The third-order valence-corrected chi connectivity index (χ3v) is 5.14. The van der Waals surface area contributed by atoms with E-state index in [1.54, 1.807) is 0 Å². The van der Waals surface area contributed by atoms with Gasteiger partial charge in [0, 0.05) is 53.5 Å². The zero-order chi connectivity index (χ0) is 17.6. The molecule has 8 heteroatoms. The summed E-state index contributed by atoms with van der Waals surface area (Å²) in [7, 11) is 0. The molecular formula is C18H23ClN4O2S. The third-order valence-electron chi connectivity index (χ3n) is 4.01. The van der Waals surface area contributed by atoms with E-state index in [9.17, 15) is 9.59 Å². The van der Waals surface area contributed by atoms with Gasteiger partial charge in [0.15, 0.2) is 0 Å². The van der Waals surface area contributed by atoms with E-state index < -0.39 is 0 Å². The SMILES string of the molecule is CCc1cc(=O)[nH]c(-c2cccc(NC(=O)CC3CSCCN3)c2)n1.Cl. The Morgan fingerprint density at radius 1 is 1.38 bits per heavy atom. The van der Waals surface area contributed by atoms with Crippen molar-refractivity contribution in [3.63, 3.8) is 0 Å². The van der Waals surface area contributed by atoms with E-state index in [4.69, 9.17) is 0 Å². The average molecular weight is 395 g/mol. The van der Waals surface area contributed by atoms with Crippen LogP contribution in [-0.4, -0.2) is 40.0 Å². The maximum absolute atomic E-state index is 12.2. The maximum atomic E-state index is 12.2. The fourth-order valence-electron chi connectivity index (χ4n) is 2.76. The largest absolute Gasteiger partial charge is 0.326 e. The first kappa shape index (κ1) is 20.5. The lowest BCUT2D eigenvalue weighted by Crippen LogP contribution is -2.39. The van der Waals surface area contributed by atoms with Gasteiger partial charge in [0.05, 0.1) is 0 Å². The fourth-order valence-corrected chi connectivity index (χ4v) is 3.71. The van der Waals surface area contributed by atoms with Crippen LogP contribution < -0.4 is 16.2 Å². The predicted molar refractivity (Wildman–Crippen MR) is 109 cm³/mol. The molecule has 6 nitrogen and oxygen atoms in total. The summed E-state index contributed by atoms with van der Waals surface area (Å²) in [4.78, 5) is 31.2. The van der Waals surface area contributed by atoms with E-state index in [0.717, 1.165) is 29.3 Å². The molecule has 3 N–H and O–H groups in total. The Balaban J connectivity index is 0.00000243. The van der Waals surface area contributed by atoms with Gasteiger partial charge in [0.2, 0.25) is 5.91 Å². The Kier molecular flexibility index (Phi) is 7.68. The van der Waals surface area contributed by atoms with Gasteiger partial charge in [0.1, 0.15) is 5.82 Å². The Morgan fingerprint density at radius 2 is 2.23 bits per heavy atom. The van der Waals surface area contributed by atoms with Gasteiger partial charge in [-0.15, -0.1) is 12.4 Å². The number of aromatic nitrogens is 2. The minimum atomic E-state index is -0.169. The highest BCUT2D eigenvalue weighted by molar-refractivity contribution is 7.99. The smallest absolute Gasteiger partial charge is 0.251 e. The highest BCUT2D eigenvalue weighted by Crippen LogP contribution is 2.19. The molecule has 1 amide bonds. The normalized spacial score (nSPS) is 16.6. The summed E-state index contributed by atoms with van der Waals surface area (Å²) in [5.74, 6) is 2.57. The molecular weight excluding hydrogens is 372 g/mol. The molecule has 1 aromatic heterocycles. The molecule has 0 spiro atoms. The molecule has 0 radical (unpaired) electrons. The summed E-state index contributed by atoms with van der Waals surface area (Å²) in [5, 5.41) is 6.30. The van der Waals surface area contributed by atoms with Crippen molar-refractivity contribution >= 4 is 35.8 Å². The molecule has 2 heterocycles. The highest BCUT2D eigenvalue weighted by Gasteiger charge is 2.16. The lowest BCUT2D eigenvalue weighted by atomic mass is 10.1. The Labute approximate surface area is 163 Å². The number of carbonyl (C=O) groups excluding carboxylic acids is 1. The predicted octanol–water partition coefficient (Wildman–Crippen LogP) is 2.45. The van der Waals surface area contributed by atoms with Crippen LogP contribution in [-0.2, 0) is 11.2 Å². The summed E-state index contributed by atoms with van der Waals surface area (Å²) in [6, 6.07) is 9.11. The number of carbonyl (C=O) groups is 1. The molecule has 0 bridgehead atoms. The molecule has 1 aliphatic heterocycles. The van der Waals surface area contributed by atoms with Crippen LogP contribution in [0.2, 0.25) is 0 Å². The number of hydrogen-bond donors (Lipinski definition) is 3. The number of thioether (sulfide) groups is 1. The number of halogens is 1. The van der Waals surface area contributed by atoms with E-state index in [1.807, 2.05) is 43.0 Å². The second-order valence-corrected chi connectivity index (χ2v) is 7.15. The van der Waals surface area contributed by atoms with Gasteiger partial charge in [-0.05, 0) is 18.6 Å². The lowest BCUT2D eigenvalue weighted by molar-refractivity contribution is -0.116. The summed E-state index contributed by atoms with van der Waals surface area (Å²) in [6.07, 6.45) is 1.15. The van der Waals surface area contributed by atoms with Gasteiger partial charge in [-0.3, -0.25) is 9.59 Å². The zero-order valence-electron chi connectivity index (χ0n) is 14.6. The Hall–Kier alpha value is -1.83. The molecule has 1 saturated heterocycles. The zero-order valence-corrected chi connectivity index (χ0v) is 16.2. The summed E-state index contributed by atoms with van der Waals surface area (Å²) in [6.45, 7) is 2.91. The maximum Gasteiger partial charge on any atom is 0.251 e. The minimum absolute atomic E-state index is 0. The average Bonchev–Trinajstić information content (AvgIpc) is 2.62. The number of amides is 1. The van der Waals surface area contributed by atoms with Crippen molar-refractivity contribution in [3.05, 3.63) is 46.4 Å². The van der Waals surface area contributed by atoms with Crippen LogP contribution in [0.5, 0.6) is 0 Å². The molecule has 1 unspecified atom stereocenters. The first-order valence-electron chi connectivity index (χ1n) is 8.45. The van der Waals surface area contributed by atoms with Crippen LogP contribution in [0.25, 0.3) is 11.4 Å². The molecule has 140 valence electrons. The number of aryl methyl sites for hydroxylation is 1. The minimum Gasteiger partial charge on any atom is -0.326 e. The number of benzene rings is 1. The lowest BCUT2D eigenvalue weighted by Gasteiger charge is -2.22.